The number of hydrogen-bond donors (Lipinski definition) is 0. The minimum absolute atomic E-state index is 0.142. The Hall–Kier alpha value is -1.81. The van der Waals surface area contributed by atoms with Crippen molar-refractivity contribution in [3.05, 3.63) is 69.8 Å². The Kier molecular flexibility index (Phi) is 6.29. The highest BCUT2D eigenvalue weighted by atomic mass is 35.5. The SMILES string of the molecule is CCOC1(c2ccccc2)CCN(CC2=Cc3c(Cl)ccc(OC)c3CC2)CC1. The molecule has 0 N–H and O–H groups in total. The van der Waals surface area contributed by atoms with Crippen molar-refractivity contribution in [2.24, 2.45) is 0 Å². The molecule has 29 heavy (non-hydrogen) atoms. The summed E-state index contributed by atoms with van der Waals surface area (Å²) in [5, 5.41) is 0.816. The predicted molar refractivity (Wildman–Crippen MR) is 120 cm³/mol. The maximum Gasteiger partial charge on any atom is 0.122 e. The molecule has 1 aliphatic heterocycles. The maximum absolute atomic E-state index is 6.49. The molecule has 1 fully saturated rings. The van der Waals surface area contributed by atoms with Crippen LogP contribution in [0.4, 0.5) is 0 Å². The molecule has 0 atom stereocenters. The Balaban J connectivity index is 1.46. The van der Waals surface area contributed by atoms with Gasteiger partial charge < -0.3 is 9.47 Å². The Bertz CT molecular complexity index is 870. The van der Waals surface area contributed by atoms with Gasteiger partial charge in [-0.3, -0.25) is 4.90 Å². The lowest BCUT2D eigenvalue weighted by atomic mass is 9.83. The fourth-order valence-corrected chi connectivity index (χ4v) is 5.03. The van der Waals surface area contributed by atoms with E-state index in [4.69, 9.17) is 21.1 Å². The van der Waals surface area contributed by atoms with Crippen molar-refractivity contribution in [3.63, 3.8) is 0 Å². The van der Waals surface area contributed by atoms with Gasteiger partial charge in [-0.2, -0.15) is 0 Å². The van der Waals surface area contributed by atoms with E-state index in [1.165, 1.54) is 16.7 Å². The number of rotatable bonds is 6. The van der Waals surface area contributed by atoms with Crippen molar-refractivity contribution in [1.82, 2.24) is 4.90 Å². The smallest absolute Gasteiger partial charge is 0.122 e. The van der Waals surface area contributed by atoms with Crippen LogP contribution in [0.3, 0.4) is 0 Å². The molecule has 4 heteroatoms. The number of benzene rings is 2. The van der Waals surface area contributed by atoms with Gasteiger partial charge in [0.2, 0.25) is 0 Å². The zero-order valence-electron chi connectivity index (χ0n) is 17.4. The number of ether oxygens (including phenoxy) is 2. The molecule has 2 aromatic carbocycles. The van der Waals surface area contributed by atoms with Gasteiger partial charge >= 0.3 is 0 Å². The van der Waals surface area contributed by atoms with Gasteiger partial charge in [0, 0.05) is 36.8 Å². The van der Waals surface area contributed by atoms with Gasteiger partial charge in [-0.15, -0.1) is 0 Å². The van der Waals surface area contributed by atoms with Crippen LogP contribution in [0.25, 0.3) is 6.08 Å². The first-order chi connectivity index (χ1) is 14.1. The minimum atomic E-state index is -0.142. The van der Waals surface area contributed by atoms with E-state index in [2.05, 4.69) is 48.2 Å². The highest BCUT2D eigenvalue weighted by Crippen LogP contribution is 2.39. The van der Waals surface area contributed by atoms with Crippen LogP contribution in [0.5, 0.6) is 5.75 Å². The Morgan fingerprint density at radius 3 is 2.48 bits per heavy atom. The third-order valence-electron chi connectivity index (χ3n) is 6.34. The van der Waals surface area contributed by atoms with E-state index in [-0.39, 0.29) is 5.60 Å². The lowest BCUT2D eigenvalue weighted by Gasteiger charge is -2.42. The van der Waals surface area contributed by atoms with Crippen molar-refractivity contribution < 1.29 is 9.47 Å². The van der Waals surface area contributed by atoms with Crippen molar-refractivity contribution >= 4 is 17.7 Å². The Labute approximate surface area is 179 Å². The fourth-order valence-electron chi connectivity index (χ4n) is 4.80. The average molecular weight is 412 g/mol. The summed E-state index contributed by atoms with van der Waals surface area (Å²) in [4.78, 5) is 2.56. The fraction of sp³-hybridized carbons (Fsp3) is 0.440. The molecule has 4 rings (SSSR count). The zero-order chi connectivity index (χ0) is 20.3. The highest BCUT2D eigenvalue weighted by Gasteiger charge is 2.37. The average Bonchev–Trinajstić information content (AvgIpc) is 2.77. The topological polar surface area (TPSA) is 21.7 Å². The molecule has 0 amide bonds. The first kappa shape index (κ1) is 20.5. The second kappa shape index (κ2) is 8.91. The molecule has 3 nitrogen and oxygen atoms in total. The van der Waals surface area contributed by atoms with Crippen LogP contribution < -0.4 is 4.74 Å². The first-order valence-electron chi connectivity index (χ1n) is 10.6. The number of hydrogen-bond acceptors (Lipinski definition) is 3. The van der Waals surface area contributed by atoms with Gasteiger partial charge in [-0.1, -0.05) is 53.6 Å². The number of methoxy groups -OCH3 is 1. The van der Waals surface area contributed by atoms with E-state index in [1.54, 1.807) is 7.11 Å². The maximum atomic E-state index is 6.49. The molecule has 0 spiro atoms. The number of halogens is 1. The van der Waals surface area contributed by atoms with E-state index in [0.29, 0.717) is 0 Å². The summed E-state index contributed by atoms with van der Waals surface area (Å²) in [6.45, 7) is 5.94. The lowest BCUT2D eigenvalue weighted by molar-refractivity contribution is -0.0839. The van der Waals surface area contributed by atoms with E-state index in [0.717, 1.165) is 68.3 Å². The second-order valence-electron chi connectivity index (χ2n) is 8.01. The third kappa shape index (κ3) is 4.23. The van der Waals surface area contributed by atoms with Crippen molar-refractivity contribution in [3.8, 4) is 5.75 Å². The van der Waals surface area contributed by atoms with Gasteiger partial charge in [-0.25, -0.2) is 0 Å². The van der Waals surface area contributed by atoms with Crippen molar-refractivity contribution in [1.29, 1.82) is 0 Å². The van der Waals surface area contributed by atoms with Crippen LogP contribution in [0.1, 0.15) is 42.9 Å². The molecular formula is C25H30ClNO2. The first-order valence-corrected chi connectivity index (χ1v) is 11.0. The molecule has 1 aliphatic carbocycles. The number of piperidine rings is 1. The summed E-state index contributed by atoms with van der Waals surface area (Å²) < 4.78 is 11.8. The summed E-state index contributed by atoms with van der Waals surface area (Å²) in [6.07, 6.45) is 6.40. The van der Waals surface area contributed by atoms with Gasteiger partial charge in [-0.05, 0) is 55.9 Å². The van der Waals surface area contributed by atoms with E-state index in [9.17, 15) is 0 Å². The molecule has 1 heterocycles. The third-order valence-corrected chi connectivity index (χ3v) is 6.67. The monoisotopic (exact) mass is 411 g/mol. The molecule has 0 radical (unpaired) electrons. The molecule has 0 aromatic heterocycles. The van der Waals surface area contributed by atoms with Crippen LogP contribution >= 0.6 is 11.6 Å². The molecule has 2 aromatic rings. The molecule has 154 valence electrons. The molecule has 0 saturated carbocycles. The summed E-state index contributed by atoms with van der Waals surface area (Å²) in [5.74, 6) is 0.946. The minimum Gasteiger partial charge on any atom is -0.496 e. The summed E-state index contributed by atoms with van der Waals surface area (Å²) in [5.41, 5.74) is 5.00. The van der Waals surface area contributed by atoms with Crippen molar-refractivity contribution in [2.45, 2.75) is 38.2 Å². The predicted octanol–water partition coefficient (Wildman–Crippen LogP) is 5.71. The Morgan fingerprint density at radius 2 is 1.79 bits per heavy atom. The summed E-state index contributed by atoms with van der Waals surface area (Å²) in [6, 6.07) is 14.6. The quantitative estimate of drug-likeness (QED) is 0.608. The van der Waals surface area contributed by atoms with Crippen LogP contribution in [0.2, 0.25) is 5.02 Å². The second-order valence-corrected chi connectivity index (χ2v) is 8.42. The molecular weight excluding hydrogens is 382 g/mol. The summed E-state index contributed by atoms with van der Waals surface area (Å²) >= 11 is 6.49. The number of likely N-dealkylation sites (tertiary alicyclic amines) is 1. The highest BCUT2D eigenvalue weighted by molar-refractivity contribution is 6.32. The zero-order valence-corrected chi connectivity index (χ0v) is 18.2. The summed E-state index contributed by atoms with van der Waals surface area (Å²) in [7, 11) is 1.73. The van der Waals surface area contributed by atoms with E-state index >= 15 is 0 Å². The van der Waals surface area contributed by atoms with Crippen LogP contribution in [0, 0.1) is 0 Å². The van der Waals surface area contributed by atoms with Crippen LogP contribution in [-0.4, -0.2) is 38.3 Å². The van der Waals surface area contributed by atoms with E-state index < -0.39 is 0 Å². The molecule has 0 unspecified atom stereocenters. The number of nitrogens with zero attached hydrogens (tertiary/aromatic N) is 1. The number of fused-ring (bicyclic) bond motifs is 1. The molecule has 0 bridgehead atoms. The van der Waals surface area contributed by atoms with Gasteiger partial charge in [0.25, 0.3) is 0 Å². The Morgan fingerprint density at radius 1 is 1.03 bits per heavy atom. The molecule has 2 aliphatic rings. The molecule has 1 saturated heterocycles. The van der Waals surface area contributed by atoms with Gasteiger partial charge in [0.15, 0.2) is 0 Å². The standard InChI is InChI=1S/C25H30ClNO2/c1-3-29-25(20-7-5-4-6-8-20)13-15-27(16-14-25)18-19-9-10-21-22(17-19)23(26)11-12-24(21)28-2/h4-8,11-12,17H,3,9-10,13-16,18H2,1-2H3. The van der Waals surface area contributed by atoms with Crippen molar-refractivity contribution in [2.75, 3.05) is 33.4 Å². The van der Waals surface area contributed by atoms with Gasteiger partial charge in [0.05, 0.1) is 12.7 Å². The van der Waals surface area contributed by atoms with Crippen LogP contribution in [-0.2, 0) is 16.8 Å². The lowest BCUT2D eigenvalue weighted by Crippen LogP contribution is -2.44. The normalized spacial score (nSPS) is 18.8. The van der Waals surface area contributed by atoms with Crippen LogP contribution in [0.15, 0.2) is 48.0 Å². The van der Waals surface area contributed by atoms with E-state index in [1.807, 2.05) is 12.1 Å². The largest absolute Gasteiger partial charge is 0.496 e. The van der Waals surface area contributed by atoms with Gasteiger partial charge in [0.1, 0.15) is 5.75 Å².